The molecule has 1 fully saturated rings. The average molecular weight is 453 g/mol. The minimum absolute atomic E-state index is 0.00938. The number of benzene rings is 2. The standard InChI is InChI=1S/C27H36N2O2S/c1-4-25(27(31)28-24-11-7-8-12-24)29(17-23-10-6-5-9-21(23)3)26(30)19-32-18-22-15-13-20(2)14-16-22/h5-6,9-10,13-16,24-25H,4,7-8,11-12,17-19H2,1-3H3,(H,28,31)/t25-/m1/s1. The van der Waals surface area contributed by atoms with Gasteiger partial charge in [0.1, 0.15) is 6.04 Å². The Morgan fingerprint density at radius 1 is 1.06 bits per heavy atom. The summed E-state index contributed by atoms with van der Waals surface area (Å²) in [5.41, 5.74) is 4.68. The van der Waals surface area contributed by atoms with Gasteiger partial charge in [0.15, 0.2) is 0 Å². The normalized spacial score (nSPS) is 14.8. The zero-order valence-corrected chi connectivity index (χ0v) is 20.4. The smallest absolute Gasteiger partial charge is 0.243 e. The first-order valence-corrected chi connectivity index (χ1v) is 12.9. The Labute approximate surface area is 197 Å². The quantitative estimate of drug-likeness (QED) is 0.525. The van der Waals surface area contributed by atoms with E-state index in [4.69, 9.17) is 0 Å². The molecule has 172 valence electrons. The van der Waals surface area contributed by atoms with Gasteiger partial charge in [0.25, 0.3) is 0 Å². The van der Waals surface area contributed by atoms with Crippen LogP contribution in [0.15, 0.2) is 48.5 Å². The molecule has 1 aliphatic carbocycles. The highest BCUT2D eigenvalue weighted by atomic mass is 32.2. The van der Waals surface area contributed by atoms with Crippen LogP contribution < -0.4 is 5.32 Å². The molecule has 0 spiro atoms. The first-order valence-electron chi connectivity index (χ1n) is 11.8. The van der Waals surface area contributed by atoms with Gasteiger partial charge in [-0.3, -0.25) is 9.59 Å². The van der Waals surface area contributed by atoms with E-state index in [0.717, 1.165) is 29.7 Å². The average Bonchev–Trinajstić information content (AvgIpc) is 3.29. The second-order valence-corrected chi connectivity index (χ2v) is 9.83. The van der Waals surface area contributed by atoms with E-state index >= 15 is 0 Å². The maximum atomic E-state index is 13.4. The van der Waals surface area contributed by atoms with Gasteiger partial charge in [-0.1, -0.05) is 73.9 Å². The van der Waals surface area contributed by atoms with Crippen LogP contribution in [0, 0.1) is 13.8 Å². The molecule has 0 saturated heterocycles. The van der Waals surface area contributed by atoms with Gasteiger partial charge in [0.05, 0.1) is 5.75 Å². The van der Waals surface area contributed by atoms with Crippen LogP contribution in [0.25, 0.3) is 0 Å². The third-order valence-corrected chi connectivity index (χ3v) is 7.29. The van der Waals surface area contributed by atoms with Gasteiger partial charge < -0.3 is 10.2 Å². The lowest BCUT2D eigenvalue weighted by Gasteiger charge is -2.32. The monoisotopic (exact) mass is 452 g/mol. The lowest BCUT2D eigenvalue weighted by Crippen LogP contribution is -2.51. The highest BCUT2D eigenvalue weighted by Gasteiger charge is 2.30. The fraction of sp³-hybridized carbons (Fsp3) is 0.481. The SMILES string of the molecule is CC[C@H](C(=O)NC1CCCC1)N(Cc1ccccc1C)C(=O)CSCc1ccc(C)cc1. The summed E-state index contributed by atoms with van der Waals surface area (Å²) < 4.78 is 0. The lowest BCUT2D eigenvalue weighted by atomic mass is 10.1. The molecule has 2 amide bonds. The number of amides is 2. The summed E-state index contributed by atoms with van der Waals surface area (Å²) in [6.07, 6.45) is 5.03. The van der Waals surface area contributed by atoms with E-state index in [1.54, 1.807) is 16.7 Å². The van der Waals surface area contributed by atoms with Gasteiger partial charge in [-0.05, 0) is 49.8 Å². The largest absolute Gasteiger partial charge is 0.352 e. The minimum atomic E-state index is -0.442. The van der Waals surface area contributed by atoms with Crippen molar-refractivity contribution in [2.24, 2.45) is 0 Å². The first-order chi connectivity index (χ1) is 15.5. The molecular weight excluding hydrogens is 416 g/mol. The third-order valence-electron chi connectivity index (χ3n) is 6.30. The Balaban J connectivity index is 1.70. The second-order valence-electron chi connectivity index (χ2n) is 8.84. The van der Waals surface area contributed by atoms with E-state index in [1.807, 2.05) is 19.1 Å². The van der Waals surface area contributed by atoms with Crippen LogP contribution >= 0.6 is 11.8 Å². The van der Waals surface area contributed by atoms with E-state index in [2.05, 4.69) is 55.6 Å². The predicted octanol–water partition coefficient (Wildman–Crippen LogP) is 5.40. The molecule has 0 aromatic heterocycles. The molecule has 1 saturated carbocycles. The zero-order valence-electron chi connectivity index (χ0n) is 19.6. The van der Waals surface area contributed by atoms with Crippen molar-refractivity contribution >= 4 is 23.6 Å². The number of hydrogen-bond acceptors (Lipinski definition) is 3. The Kier molecular flexibility index (Phi) is 9.22. The Morgan fingerprint density at radius 3 is 2.41 bits per heavy atom. The number of rotatable bonds is 10. The van der Waals surface area contributed by atoms with Crippen LogP contribution in [0.4, 0.5) is 0 Å². The van der Waals surface area contributed by atoms with E-state index in [-0.39, 0.29) is 17.9 Å². The topological polar surface area (TPSA) is 49.4 Å². The van der Waals surface area contributed by atoms with Crippen LogP contribution in [0.1, 0.15) is 61.3 Å². The molecule has 2 aromatic rings. The van der Waals surface area contributed by atoms with E-state index < -0.39 is 6.04 Å². The van der Waals surface area contributed by atoms with Crippen molar-refractivity contribution < 1.29 is 9.59 Å². The summed E-state index contributed by atoms with van der Waals surface area (Å²) in [6.45, 7) is 6.60. The molecule has 32 heavy (non-hydrogen) atoms. The van der Waals surface area contributed by atoms with E-state index in [1.165, 1.54) is 24.0 Å². The lowest BCUT2D eigenvalue weighted by molar-refractivity contribution is -0.139. The molecule has 2 aromatic carbocycles. The molecule has 0 radical (unpaired) electrons. The number of nitrogens with one attached hydrogen (secondary N) is 1. The van der Waals surface area contributed by atoms with Gasteiger partial charge in [0, 0.05) is 18.3 Å². The van der Waals surface area contributed by atoms with Crippen molar-refractivity contribution in [1.82, 2.24) is 10.2 Å². The van der Waals surface area contributed by atoms with E-state index in [0.29, 0.717) is 18.7 Å². The Morgan fingerprint density at radius 2 is 1.75 bits per heavy atom. The summed E-state index contributed by atoms with van der Waals surface area (Å²) in [4.78, 5) is 28.3. The number of nitrogens with zero attached hydrogens (tertiary/aromatic N) is 1. The molecule has 0 bridgehead atoms. The fourth-order valence-corrected chi connectivity index (χ4v) is 5.15. The van der Waals surface area contributed by atoms with Gasteiger partial charge in [-0.15, -0.1) is 11.8 Å². The van der Waals surface area contributed by atoms with Crippen molar-refractivity contribution in [2.45, 2.75) is 77.3 Å². The minimum Gasteiger partial charge on any atom is -0.352 e. The number of carbonyl (C=O) groups excluding carboxylic acids is 2. The summed E-state index contributed by atoms with van der Waals surface area (Å²) >= 11 is 1.61. The van der Waals surface area contributed by atoms with Crippen LogP contribution in [-0.4, -0.2) is 34.6 Å². The van der Waals surface area contributed by atoms with Gasteiger partial charge in [0.2, 0.25) is 11.8 Å². The van der Waals surface area contributed by atoms with Crippen molar-refractivity contribution in [3.8, 4) is 0 Å². The van der Waals surface area contributed by atoms with Crippen molar-refractivity contribution in [2.75, 3.05) is 5.75 Å². The number of hydrogen-bond donors (Lipinski definition) is 1. The maximum Gasteiger partial charge on any atom is 0.243 e. The Bertz CT molecular complexity index is 891. The molecule has 1 N–H and O–H groups in total. The second kappa shape index (κ2) is 12.1. The summed E-state index contributed by atoms with van der Waals surface area (Å²) in [7, 11) is 0. The predicted molar refractivity (Wildman–Crippen MR) is 134 cm³/mol. The van der Waals surface area contributed by atoms with Gasteiger partial charge in [-0.2, -0.15) is 0 Å². The highest BCUT2D eigenvalue weighted by molar-refractivity contribution is 7.99. The molecular formula is C27H36N2O2S. The fourth-order valence-electron chi connectivity index (χ4n) is 4.28. The summed E-state index contributed by atoms with van der Waals surface area (Å²) in [5, 5.41) is 3.21. The molecule has 1 atom stereocenters. The Hall–Kier alpha value is -2.27. The van der Waals surface area contributed by atoms with Gasteiger partial charge >= 0.3 is 0 Å². The molecule has 1 aliphatic rings. The first kappa shape index (κ1) is 24.4. The molecule has 5 heteroatoms. The molecule has 0 unspecified atom stereocenters. The maximum absolute atomic E-state index is 13.4. The number of carbonyl (C=O) groups is 2. The summed E-state index contributed by atoms with van der Waals surface area (Å²) in [6, 6.07) is 16.4. The molecule has 4 nitrogen and oxygen atoms in total. The van der Waals surface area contributed by atoms with E-state index in [9.17, 15) is 9.59 Å². The summed E-state index contributed by atoms with van der Waals surface area (Å²) in [5.74, 6) is 1.17. The van der Waals surface area contributed by atoms with Crippen LogP contribution in [-0.2, 0) is 21.9 Å². The molecule has 0 aliphatic heterocycles. The van der Waals surface area contributed by atoms with Crippen LogP contribution in [0.5, 0.6) is 0 Å². The third kappa shape index (κ3) is 6.86. The van der Waals surface area contributed by atoms with Crippen molar-refractivity contribution in [3.05, 3.63) is 70.8 Å². The molecule has 0 heterocycles. The molecule has 3 rings (SSSR count). The number of thioether (sulfide) groups is 1. The number of aryl methyl sites for hydroxylation is 2. The van der Waals surface area contributed by atoms with Crippen molar-refractivity contribution in [3.63, 3.8) is 0 Å². The van der Waals surface area contributed by atoms with Crippen LogP contribution in [0.2, 0.25) is 0 Å². The van der Waals surface area contributed by atoms with Crippen LogP contribution in [0.3, 0.4) is 0 Å². The van der Waals surface area contributed by atoms with Crippen molar-refractivity contribution in [1.29, 1.82) is 0 Å². The van der Waals surface area contributed by atoms with Gasteiger partial charge in [-0.25, -0.2) is 0 Å². The highest BCUT2D eigenvalue weighted by Crippen LogP contribution is 2.21. The zero-order chi connectivity index (χ0) is 22.9.